The highest BCUT2D eigenvalue weighted by atomic mass is 16.5. The van der Waals surface area contributed by atoms with Crippen molar-refractivity contribution in [3.63, 3.8) is 0 Å². The quantitative estimate of drug-likeness (QED) is 0.629. The second kappa shape index (κ2) is 11.2. The van der Waals surface area contributed by atoms with Gasteiger partial charge in [0.15, 0.2) is 0 Å². The Morgan fingerprint density at radius 1 is 0.960 bits per heavy atom. The number of ether oxygens (including phenoxy) is 2. The zero-order valence-electron chi connectivity index (χ0n) is 15.5. The van der Waals surface area contributed by atoms with Gasteiger partial charge in [0.25, 0.3) is 0 Å². The predicted molar refractivity (Wildman–Crippen MR) is 98.5 cm³/mol. The van der Waals surface area contributed by atoms with E-state index in [1.807, 2.05) is 11.0 Å². The molecule has 1 aliphatic rings. The van der Waals surface area contributed by atoms with Crippen LogP contribution in [-0.4, -0.2) is 93.9 Å². The fourth-order valence-electron chi connectivity index (χ4n) is 3.00. The molecule has 0 aliphatic carbocycles. The van der Waals surface area contributed by atoms with E-state index in [0.29, 0.717) is 32.8 Å². The average Bonchev–Trinajstić information content (AvgIpc) is 2.64. The van der Waals surface area contributed by atoms with E-state index in [4.69, 9.17) is 9.47 Å². The van der Waals surface area contributed by atoms with Crippen molar-refractivity contribution in [3.8, 4) is 0 Å². The molecular formula is C19H31N3O3. The number of piperazine rings is 1. The van der Waals surface area contributed by atoms with E-state index in [9.17, 15) is 4.79 Å². The lowest BCUT2D eigenvalue weighted by atomic mass is 10.2. The molecular weight excluding hydrogens is 318 g/mol. The third-order valence-electron chi connectivity index (χ3n) is 4.56. The Labute approximate surface area is 151 Å². The highest BCUT2D eigenvalue weighted by molar-refractivity contribution is 5.78. The average molecular weight is 349 g/mol. The van der Waals surface area contributed by atoms with Crippen LogP contribution in [0, 0.1) is 0 Å². The van der Waals surface area contributed by atoms with E-state index >= 15 is 0 Å². The number of carbonyl (C=O) groups excluding carboxylic acids is 1. The molecule has 6 nitrogen and oxygen atoms in total. The van der Waals surface area contributed by atoms with Gasteiger partial charge in [0, 0.05) is 60.0 Å². The van der Waals surface area contributed by atoms with Gasteiger partial charge in [0.05, 0.1) is 19.8 Å². The van der Waals surface area contributed by atoms with Gasteiger partial charge in [0.2, 0.25) is 5.91 Å². The summed E-state index contributed by atoms with van der Waals surface area (Å²) in [7, 11) is 3.32. The standard InChI is InChI=1S/C19H31N3O3/c1-24-14-12-22(13-15-25-2)19(23)17-21-10-8-20(9-11-21)16-18-6-4-3-5-7-18/h3-7H,8-17H2,1-2H3. The van der Waals surface area contributed by atoms with E-state index in [2.05, 4.69) is 34.1 Å². The second-order valence-corrected chi connectivity index (χ2v) is 6.40. The summed E-state index contributed by atoms with van der Waals surface area (Å²) in [6.07, 6.45) is 0. The molecule has 0 bridgehead atoms. The van der Waals surface area contributed by atoms with Crippen molar-refractivity contribution in [2.75, 3.05) is 73.2 Å². The molecule has 0 saturated carbocycles. The van der Waals surface area contributed by atoms with Crippen molar-refractivity contribution in [3.05, 3.63) is 35.9 Å². The van der Waals surface area contributed by atoms with Gasteiger partial charge < -0.3 is 14.4 Å². The molecule has 0 spiro atoms. The molecule has 0 N–H and O–H groups in total. The van der Waals surface area contributed by atoms with E-state index < -0.39 is 0 Å². The highest BCUT2D eigenvalue weighted by Gasteiger charge is 2.21. The predicted octanol–water partition coefficient (Wildman–Crippen LogP) is 0.926. The first kappa shape index (κ1) is 19.8. The monoisotopic (exact) mass is 349 g/mol. The molecule has 1 aromatic rings. The van der Waals surface area contributed by atoms with Crippen molar-refractivity contribution >= 4 is 5.91 Å². The van der Waals surface area contributed by atoms with E-state index in [-0.39, 0.29) is 5.91 Å². The van der Waals surface area contributed by atoms with Crippen LogP contribution >= 0.6 is 0 Å². The normalized spacial score (nSPS) is 16.1. The summed E-state index contributed by atoms with van der Waals surface area (Å²) in [4.78, 5) is 19.1. The molecule has 140 valence electrons. The van der Waals surface area contributed by atoms with Crippen LogP contribution in [0.1, 0.15) is 5.56 Å². The molecule has 2 rings (SSSR count). The van der Waals surface area contributed by atoms with Gasteiger partial charge in [-0.05, 0) is 5.56 Å². The Balaban J connectivity index is 1.74. The van der Waals surface area contributed by atoms with Gasteiger partial charge in [-0.3, -0.25) is 14.6 Å². The molecule has 25 heavy (non-hydrogen) atoms. The fourth-order valence-corrected chi connectivity index (χ4v) is 3.00. The summed E-state index contributed by atoms with van der Waals surface area (Å²) in [6, 6.07) is 10.5. The molecule has 0 unspecified atom stereocenters. The number of methoxy groups -OCH3 is 2. The minimum absolute atomic E-state index is 0.158. The molecule has 1 fully saturated rings. The molecule has 6 heteroatoms. The Hall–Kier alpha value is -1.47. The summed E-state index contributed by atoms with van der Waals surface area (Å²) < 4.78 is 10.2. The van der Waals surface area contributed by atoms with Crippen LogP contribution in [0.5, 0.6) is 0 Å². The lowest BCUT2D eigenvalue weighted by Gasteiger charge is -2.35. The summed E-state index contributed by atoms with van der Waals surface area (Å²) in [5, 5.41) is 0. The minimum atomic E-state index is 0.158. The Morgan fingerprint density at radius 3 is 2.08 bits per heavy atom. The van der Waals surface area contributed by atoms with Crippen LogP contribution in [-0.2, 0) is 20.8 Å². The van der Waals surface area contributed by atoms with E-state index in [0.717, 1.165) is 32.7 Å². The largest absolute Gasteiger partial charge is 0.383 e. The van der Waals surface area contributed by atoms with Gasteiger partial charge in [-0.1, -0.05) is 30.3 Å². The summed E-state index contributed by atoms with van der Waals surface area (Å²) in [5.41, 5.74) is 1.34. The smallest absolute Gasteiger partial charge is 0.236 e. The molecule has 0 atom stereocenters. The molecule has 0 radical (unpaired) electrons. The van der Waals surface area contributed by atoms with Crippen LogP contribution in [0.4, 0.5) is 0 Å². The molecule has 0 aromatic heterocycles. The first-order valence-electron chi connectivity index (χ1n) is 8.97. The summed E-state index contributed by atoms with van der Waals surface area (Å²) >= 11 is 0. The van der Waals surface area contributed by atoms with Gasteiger partial charge in [-0.15, -0.1) is 0 Å². The minimum Gasteiger partial charge on any atom is -0.383 e. The van der Waals surface area contributed by atoms with Crippen molar-refractivity contribution < 1.29 is 14.3 Å². The third-order valence-corrected chi connectivity index (χ3v) is 4.56. The first-order valence-corrected chi connectivity index (χ1v) is 8.97. The lowest BCUT2D eigenvalue weighted by Crippen LogP contribution is -2.50. The van der Waals surface area contributed by atoms with E-state index in [1.165, 1.54) is 5.56 Å². The molecule has 1 aliphatic heterocycles. The van der Waals surface area contributed by atoms with Crippen LogP contribution in [0.15, 0.2) is 30.3 Å². The van der Waals surface area contributed by atoms with Crippen LogP contribution in [0.2, 0.25) is 0 Å². The maximum atomic E-state index is 12.6. The van der Waals surface area contributed by atoms with Crippen molar-refractivity contribution in [1.29, 1.82) is 0 Å². The van der Waals surface area contributed by atoms with Gasteiger partial charge in [-0.2, -0.15) is 0 Å². The Morgan fingerprint density at radius 2 is 1.52 bits per heavy atom. The van der Waals surface area contributed by atoms with Gasteiger partial charge >= 0.3 is 0 Å². The van der Waals surface area contributed by atoms with Crippen LogP contribution < -0.4 is 0 Å². The summed E-state index contributed by atoms with van der Waals surface area (Å²) in [6.45, 7) is 7.67. The number of hydrogen-bond acceptors (Lipinski definition) is 5. The maximum absolute atomic E-state index is 12.6. The highest BCUT2D eigenvalue weighted by Crippen LogP contribution is 2.08. The second-order valence-electron chi connectivity index (χ2n) is 6.40. The Kier molecular flexibility index (Phi) is 8.90. The zero-order chi connectivity index (χ0) is 17.9. The first-order chi connectivity index (χ1) is 12.2. The number of rotatable bonds is 10. The molecule has 1 heterocycles. The van der Waals surface area contributed by atoms with Crippen molar-refractivity contribution in [1.82, 2.24) is 14.7 Å². The number of amides is 1. The Bertz CT molecular complexity index is 482. The fraction of sp³-hybridized carbons (Fsp3) is 0.632. The third kappa shape index (κ3) is 7.12. The lowest BCUT2D eigenvalue weighted by molar-refractivity contribution is -0.134. The van der Waals surface area contributed by atoms with E-state index in [1.54, 1.807) is 14.2 Å². The maximum Gasteiger partial charge on any atom is 0.236 e. The SMILES string of the molecule is COCCN(CCOC)C(=O)CN1CCN(Cc2ccccc2)CC1. The van der Waals surface area contributed by atoms with Crippen LogP contribution in [0.25, 0.3) is 0 Å². The van der Waals surface area contributed by atoms with Crippen molar-refractivity contribution in [2.24, 2.45) is 0 Å². The summed E-state index contributed by atoms with van der Waals surface area (Å²) in [5.74, 6) is 0.158. The van der Waals surface area contributed by atoms with Crippen LogP contribution in [0.3, 0.4) is 0 Å². The molecule has 1 saturated heterocycles. The number of nitrogens with zero attached hydrogens (tertiary/aromatic N) is 3. The number of hydrogen-bond donors (Lipinski definition) is 0. The topological polar surface area (TPSA) is 45.3 Å². The number of benzene rings is 1. The van der Waals surface area contributed by atoms with Gasteiger partial charge in [-0.25, -0.2) is 0 Å². The zero-order valence-corrected chi connectivity index (χ0v) is 15.5. The number of carbonyl (C=O) groups is 1. The molecule has 1 aromatic carbocycles. The van der Waals surface area contributed by atoms with Crippen molar-refractivity contribution in [2.45, 2.75) is 6.54 Å². The molecule has 1 amide bonds. The van der Waals surface area contributed by atoms with Gasteiger partial charge in [0.1, 0.15) is 0 Å².